The summed E-state index contributed by atoms with van der Waals surface area (Å²) in [6, 6.07) is 183. The van der Waals surface area contributed by atoms with Crippen molar-refractivity contribution in [3.8, 4) is 191 Å². The molecule has 22 rings (SSSR count). The molecule has 142 heavy (non-hydrogen) atoms. The molecule has 697 valence electrons. The van der Waals surface area contributed by atoms with Crippen molar-refractivity contribution in [3.05, 3.63) is 540 Å². The Kier molecular flexibility index (Phi) is 37.8. The van der Waals surface area contributed by atoms with Crippen molar-refractivity contribution in [2.75, 3.05) is 0 Å². The van der Waals surface area contributed by atoms with Crippen LogP contribution >= 0.6 is 0 Å². The zero-order chi connectivity index (χ0) is 93.1. The standard InChI is InChI=1S/C34H24N2Si.4C23H15NO.5Ni/c1-3-15-28(16-4-1)37(29-17-5-2-6-18-29)34-23-8-7-19-30(34)33-22-12-21-32(36-33)27-14-11-13-26(25-27)31-20-9-10-24-35-31;2*25-23-13-2-1-11-21(23)19-9-5-7-17(15-19)18-8-6-10-20(16-18)22-12-3-4-14-24-22;25-23-15-5-4-12-20(23)18-10-6-11-19(16-18)22-14-7-13-21(24-22)17-8-2-1-3-9-17;25-23-15-5-4-12-20(23)22-14-7-13-21(24-22)19-11-6-10-18(16-19)17-8-2-1-3-9-17;;;;;/h1-24H;2*1-14,25H;2*1-8,10-15,25H;;;;;/q-1;4*-2;;4*+2. The molecule has 0 aliphatic carbocycles. The van der Waals surface area contributed by atoms with Crippen LogP contribution in [-0.4, -0.2) is 59.1 Å². The Morgan fingerprint density at radius 1 is 0.169 bits per heavy atom. The van der Waals surface area contributed by atoms with Crippen molar-refractivity contribution in [1.29, 1.82) is 0 Å². The van der Waals surface area contributed by atoms with E-state index >= 15 is 0 Å². The number of aromatic nitrogens is 6. The van der Waals surface area contributed by atoms with E-state index in [1.54, 1.807) is 42.7 Å². The number of nitrogens with zero attached hydrogens (tertiary/aromatic N) is 6. The fourth-order valence-corrected chi connectivity index (χ4v) is 18.5. The quantitative estimate of drug-likeness (QED) is 0.0370. The first-order valence-corrected chi connectivity index (χ1v) is 46.1. The van der Waals surface area contributed by atoms with Crippen molar-refractivity contribution >= 4 is 24.4 Å². The Hall–Kier alpha value is -15.7. The second-order valence-corrected chi connectivity index (χ2v) is 33.9. The van der Waals surface area contributed by atoms with Crippen molar-refractivity contribution in [1.82, 2.24) is 29.9 Å². The first kappa shape index (κ1) is 104. The van der Waals surface area contributed by atoms with Crippen LogP contribution in [0.2, 0.25) is 0 Å². The number of pyridine rings is 6. The molecule has 0 bridgehead atoms. The van der Waals surface area contributed by atoms with E-state index in [4.69, 9.17) is 15.0 Å². The van der Waals surface area contributed by atoms with Crippen molar-refractivity contribution in [2.24, 2.45) is 0 Å². The van der Waals surface area contributed by atoms with Crippen molar-refractivity contribution in [3.63, 3.8) is 0 Å². The largest absolute Gasteiger partial charge is 2.00 e. The van der Waals surface area contributed by atoms with Gasteiger partial charge in [-0.1, -0.05) is 258 Å². The van der Waals surface area contributed by atoms with Gasteiger partial charge in [0.25, 0.3) is 0 Å². The van der Waals surface area contributed by atoms with Crippen LogP contribution in [0.15, 0.2) is 486 Å². The minimum atomic E-state index is -1.23. The van der Waals surface area contributed by atoms with Gasteiger partial charge in [-0.15, -0.1) is 185 Å². The minimum Gasteiger partial charge on any atom is -0.515 e. The molecule has 0 aliphatic rings. The van der Waals surface area contributed by atoms with Crippen molar-refractivity contribution in [2.45, 2.75) is 0 Å². The maximum Gasteiger partial charge on any atom is 2.00 e. The predicted octanol–water partition coefficient (Wildman–Crippen LogP) is 27.3. The third-order valence-corrected chi connectivity index (χ3v) is 25.2. The number of aromatic hydroxyl groups is 4. The summed E-state index contributed by atoms with van der Waals surface area (Å²) in [5, 5.41) is 44.4. The van der Waals surface area contributed by atoms with Gasteiger partial charge in [0.1, 0.15) is 5.75 Å². The van der Waals surface area contributed by atoms with Gasteiger partial charge in [-0.2, -0.15) is 113 Å². The van der Waals surface area contributed by atoms with E-state index in [2.05, 4.69) is 179 Å². The van der Waals surface area contributed by atoms with Crippen molar-refractivity contribution < 1.29 is 103 Å². The third-order valence-electron chi connectivity index (χ3n) is 22.4. The number of phenols is 4. The van der Waals surface area contributed by atoms with Crippen LogP contribution in [0.5, 0.6) is 23.0 Å². The summed E-state index contributed by atoms with van der Waals surface area (Å²) >= 11 is 0. The second kappa shape index (κ2) is 51.8. The summed E-state index contributed by atoms with van der Waals surface area (Å²) < 4.78 is 0. The zero-order valence-corrected chi connectivity index (χ0v) is 81.7. The fraction of sp³-hybridized carbons (Fsp3) is 0. The zero-order valence-electron chi connectivity index (χ0n) is 75.7. The van der Waals surface area contributed by atoms with Gasteiger partial charge in [-0.3, -0.25) is 24.9 Å². The Bertz CT molecular complexity index is 7100. The molecule has 0 amide bonds. The summed E-state index contributed by atoms with van der Waals surface area (Å²) in [4.78, 5) is 27.9. The Morgan fingerprint density at radius 3 is 0.739 bits per heavy atom. The SMILES string of the molecule is Oc1ccccc1-c1[c-]c(-c2[c-]c(-c3ccccn3)ccc2)ccc1.Oc1ccccc1-c1[c-]c(-c2[c-]c(-c3ccccn3)ccc2)ccc1.Oc1ccccc1-c1[c-]c(-c2cccc(-c3[c-]cccc3)n2)ccc1.Oc1ccccc1-c1cccc(-c2[c-]c(-c3[c-]cccc3)ccc2)n1.[Ni+2].[Ni+2].[Ni+2].[Ni+2].[Ni].[c-]1c(-c2ccccn2)cccc1-c1cccc(-c2ccccc2[Si](c2ccccc2)c2ccccc2)n1. The molecule has 16 heteroatoms. The molecule has 0 atom stereocenters. The summed E-state index contributed by atoms with van der Waals surface area (Å²) in [5.41, 5.74) is 26.9. The monoisotopic (exact) mass is 2060 g/mol. The maximum atomic E-state index is 10.1. The van der Waals surface area contributed by atoms with Gasteiger partial charge in [0.2, 0.25) is 0 Å². The summed E-state index contributed by atoms with van der Waals surface area (Å²) in [5.74, 6) is 0.976. The molecule has 6 heterocycles. The molecule has 4 N–H and O–H groups in total. The normalized spacial score (nSPS) is 10.3. The molecule has 16 aromatic carbocycles. The van der Waals surface area contributed by atoms with Crippen LogP contribution < -0.4 is 15.6 Å². The van der Waals surface area contributed by atoms with Crippen LogP contribution in [0.4, 0.5) is 0 Å². The van der Waals surface area contributed by atoms with E-state index in [0.717, 1.165) is 163 Å². The van der Waals surface area contributed by atoms with E-state index in [-0.39, 0.29) is 105 Å². The van der Waals surface area contributed by atoms with Crippen LogP contribution in [-0.2, 0) is 82.5 Å². The maximum absolute atomic E-state index is 10.1. The van der Waals surface area contributed by atoms with E-state index in [9.17, 15) is 20.4 Å². The number of rotatable bonds is 18. The summed E-state index contributed by atoms with van der Waals surface area (Å²) in [7, 11) is -1.23. The van der Waals surface area contributed by atoms with E-state index in [1.165, 1.54) is 21.1 Å². The van der Waals surface area contributed by atoms with Gasteiger partial charge in [-0.25, -0.2) is 5.56 Å². The molecule has 0 unspecified atom stereocenters. The smallest absolute Gasteiger partial charge is 0.515 e. The number of hydrogen-bond acceptors (Lipinski definition) is 10. The van der Waals surface area contributed by atoms with E-state index < -0.39 is 8.80 Å². The van der Waals surface area contributed by atoms with Crippen LogP contribution in [0.1, 0.15) is 0 Å². The number of phenolic OH excluding ortho intramolecular Hbond substituents is 4. The first-order valence-electron chi connectivity index (χ1n) is 44.6. The molecule has 1 radical (unpaired) electrons. The topological polar surface area (TPSA) is 158 Å². The Labute approximate surface area is 880 Å². The molecule has 0 saturated heterocycles. The van der Waals surface area contributed by atoms with Gasteiger partial charge in [0, 0.05) is 69.1 Å². The van der Waals surface area contributed by atoms with Gasteiger partial charge >= 0.3 is 66.0 Å². The van der Waals surface area contributed by atoms with Gasteiger partial charge in [0.15, 0.2) is 8.80 Å². The summed E-state index contributed by atoms with van der Waals surface area (Å²) in [6.07, 6.45) is 5.37. The molecule has 0 saturated carbocycles. The number of hydrogen-bond donors (Lipinski definition) is 4. The molecule has 0 spiro atoms. The fourth-order valence-electron chi connectivity index (χ4n) is 15.7. The minimum absolute atomic E-state index is 0. The van der Waals surface area contributed by atoms with Crippen LogP contribution in [0, 0.1) is 54.6 Å². The molecule has 6 aromatic heterocycles. The number of para-hydroxylation sites is 4. The molecule has 0 aliphatic heterocycles. The van der Waals surface area contributed by atoms with Crippen LogP contribution in [0.25, 0.3) is 168 Å². The van der Waals surface area contributed by atoms with E-state index in [0.29, 0.717) is 0 Å². The van der Waals surface area contributed by atoms with Gasteiger partial charge in [-0.05, 0) is 99.5 Å². The second-order valence-electron chi connectivity index (χ2n) is 31.5. The van der Waals surface area contributed by atoms with E-state index in [1.807, 2.05) is 334 Å². The number of benzene rings is 16. The van der Waals surface area contributed by atoms with Gasteiger partial charge < -0.3 is 25.4 Å². The molecule has 10 nitrogen and oxygen atoms in total. The molecule has 22 aromatic rings. The summed E-state index contributed by atoms with van der Waals surface area (Å²) in [6.45, 7) is 0. The average molecular weight is 2070 g/mol. The van der Waals surface area contributed by atoms with Crippen LogP contribution in [0.3, 0.4) is 0 Å². The molecule has 0 fully saturated rings. The Morgan fingerprint density at radius 2 is 0.394 bits per heavy atom. The predicted molar refractivity (Wildman–Crippen MR) is 554 cm³/mol. The average Bonchev–Trinajstić information content (AvgIpc) is 0.778. The molecular formula is C126H84N6Ni5O4Si-. The Balaban J connectivity index is 0.000000149. The first-order chi connectivity index (χ1) is 67.6. The molecular weight excluding hydrogens is 1980 g/mol. The third kappa shape index (κ3) is 26.5. The van der Waals surface area contributed by atoms with Gasteiger partial charge in [0.05, 0.1) is 28.6 Å².